The fourth-order valence-electron chi connectivity index (χ4n) is 4.26. The zero-order chi connectivity index (χ0) is 21.6. The molecule has 0 saturated carbocycles. The second-order valence-electron chi connectivity index (χ2n) is 8.54. The molecule has 2 unspecified atom stereocenters. The number of benzene rings is 2. The predicted molar refractivity (Wildman–Crippen MR) is 125 cm³/mol. The first-order valence-corrected chi connectivity index (χ1v) is 11.2. The zero-order valence-electron chi connectivity index (χ0n) is 18.5. The van der Waals surface area contributed by atoms with Crippen LogP contribution in [-0.2, 0) is 19.4 Å². The number of aromatic nitrogens is 2. The highest BCUT2D eigenvalue weighted by Crippen LogP contribution is 2.21. The Kier molecular flexibility index (Phi) is 6.95. The van der Waals surface area contributed by atoms with Crippen molar-refractivity contribution in [3.05, 3.63) is 77.7 Å². The van der Waals surface area contributed by atoms with Gasteiger partial charge in [-0.15, -0.1) is 0 Å². The molecule has 2 heterocycles. The minimum Gasteiger partial charge on any atom is -0.508 e. The van der Waals surface area contributed by atoms with Crippen LogP contribution in [0.5, 0.6) is 5.75 Å². The molecule has 0 radical (unpaired) electrons. The van der Waals surface area contributed by atoms with Crippen molar-refractivity contribution in [1.82, 2.24) is 20.2 Å². The van der Waals surface area contributed by atoms with Gasteiger partial charge in [0.1, 0.15) is 11.6 Å². The van der Waals surface area contributed by atoms with Crippen LogP contribution >= 0.6 is 0 Å². The van der Waals surface area contributed by atoms with Gasteiger partial charge in [-0.3, -0.25) is 4.90 Å². The van der Waals surface area contributed by atoms with Crippen LogP contribution in [0.4, 0.5) is 0 Å². The normalized spacial score (nSPS) is 19.4. The molecule has 31 heavy (non-hydrogen) atoms. The molecule has 1 aliphatic heterocycles. The molecule has 2 aromatic carbocycles. The van der Waals surface area contributed by atoms with E-state index in [9.17, 15) is 5.11 Å². The Morgan fingerprint density at radius 3 is 2.74 bits per heavy atom. The number of piperazine rings is 1. The molecule has 0 bridgehead atoms. The summed E-state index contributed by atoms with van der Waals surface area (Å²) in [5.41, 5.74) is 4.58. The standard InChI is InChI=1S/C26H32N4O/c1-19-20(2)30(15-14-27-19)18-22-8-3-9-23(16-22)25-12-13-28-26(29-25)11-5-7-21-6-4-10-24(31)17-21/h3-4,6,8-10,12-13,16-17,19-20,27,31H,5,7,11,14-15,18H2,1-2H3. The summed E-state index contributed by atoms with van der Waals surface area (Å²) >= 11 is 0. The molecule has 0 spiro atoms. The van der Waals surface area contributed by atoms with E-state index in [0.29, 0.717) is 17.8 Å². The largest absolute Gasteiger partial charge is 0.508 e. The molecule has 2 atom stereocenters. The van der Waals surface area contributed by atoms with Crippen LogP contribution in [0.25, 0.3) is 11.3 Å². The number of hydrogen-bond donors (Lipinski definition) is 2. The van der Waals surface area contributed by atoms with Crippen molar-refractivity contribution in [2.45, 2.75) is 51.7 Å². The van der Waals surface area contributed by atoms with Crippen LogP contribution in [0.15, 0.2) is 60.8 Å². The van der Waals surface area contributed by atoms with Crippen molar-refractivity contribution in [3.63, 3.8) is 0 Å². The smallest absolute Gasteiger partial charge is 0.128 e. The Balaban J connectivity index is 1.41. The second-order valence-corrected chi connectivity index (χ2v) is 8.54. The number of rotatable bonds is 7. The van der Waals surface area contributed by atoms with E-state index >= 15 is 0 Å². The van der Waals surface area contributed by atoms with Gasteiger partial charge in [0.05, 0.1) is 5.69 Å². The van der Waals surface area contributed by atoms with Crippen molar-refractivity contribution in [2.24, 2.45) is 0 Å². The first kappa shape index (κ1) is 21.5. The van der Waals surface area contributed by atoms with Gasteiger partial charge in [-0.1, -0.05) is 30.3 Å². The van der Waals surface area contributed by atoms with Gasteiger partial charge in [-0.25, -0.2) is 9.97 Å². The van der Waals surface area contributed by atoms with Crippen LogP contribution in [0.2, 0.25) is 0 Å². The van der Waals surface area contributed by atoms with E-state index in [1.54, 1.807) is 6.07 Å². The summed E-state index contributed by atoms with van der Waals surface area (Å²) in [5.74, 6) is 1.19. The number of aryl methyl sites for hydroxylation is 2. The molecule has 1 aliphatic rings. The van der Waals surface area contributed by atoms with Crippen LogP contribution < -0.4 is 5.32 Å². The Morgan fingerprint density at radius 1 is 1.03 bits per heavy atom. The van der Waals surface area contributed by atoms with E-state index in [-0.39, 0.29) is 0 Å². The Bertz CT molecular complexity index is 1010. The third-order valence-electron chi connectivity index (χ3n) is 6.26. The predicted octanol–water partition coefficient (Wildman–Crippen LogP) is 4.21. The maximum absolute atomic E-state index is 9.61. The van der Waals surface area contributed by atoms with E-state index in [1.807, 2.05) is 30.5 Å². The summed E-state index contributed by atoms with van der Waals surface area (Å²) in [4.78, 5) is 11.8. The summed E-state index contributed by atoms with van der Waals surface area (Å²) in [5, 5.41) is 13.2. The topological polar surface area (TPSA) is 61.3 Å². The van der Waals surface area contributed by atoms with Gasteiger partial charge in [0.25, 0.3) is 0 Å². The van der Waals surface area contributed by atoms with Gasteiger partial charge >= 0.3 is 0 Å². The lowest BCUT2D eigenvalue weighted by molar-refractivity contribution is 0.131. The lowest BCUT2D eigenvalue weighted by Gasteiger charge is -2.38. The van der Waals surface area contributed by atoms with E-state index in [0.717, 1.165) is 61.5 Å². The third-order valence-corrected chi connectivity index (χ3v) is 6.26. The first-order valence-electron chi connectivity index (χ1n) is 11.2. The quantitative estimate of drug-likeness (QED) is 0.604. The number of phenolic OH excluding ortho intramolecular Hbond substituents is 1. The molecule has 0 amide bonds. The number of nitrogens with zero attached hydrogens (tertiary/aromatic N) is 3. The Hall–Kier alpha value is -2.76. The van der Waals surface area contributed by atoms with Gasteiger partial charge in [-0.05, 0) is 62.1 Å². The molecular formula is C26H32N4O. The maximum atomic E-state index is 9.61. The Morgan fingerprint density at radius 2 is 1.87 bits per heavy atom. The molecule has 0 aliphatic carbocycles. The second kappa shape index (κ2) is 10.0. The summed E-state index contributed by atoms with van der Waals surface area (Å²) in [6, 6.07) is 19.2. The van der Waals surface area contributed by atoms with Crippen molar-refractivity contribution < 1.29 is 5.11 Å². The highest BCUT2D eigenvalue weighted by molar-refractivity contribution is 5.59. The number of nitrogens with one attached hydrogen (secondary N) is 1. The van der Waals surface area contributed by atoms with Gasteiger partial charge < -0.3 is 10.4 Å². The Labute approximate surface area is 185 Å². The highest BCUT2D eigenvalue weighted by Gasteiger charge is 2.24. The van der Waals surface area contributed by atoms with Gasteiger partial charge in [0.15, 0.2) is 0 Å². The number of aromatic hydroxyl groups is 1. The van der Waals surface area contributed by atoms with Crippen molar-refractivity contribution in [3.8, 4) is 17.0 Å². The molecule has 5 nitrogen and oxygen atoms in total. The molecule has 1 saturated heterocycles. The zero-order valence-corrected chi connectivity index (χ0v) is 18.5. The monoisotopic (exact) mass is 416 g/mol. The van der Waals surface area contributed by atoms with E-state index < -0.39 is 0 Å². The molecule has 1 fully saturated rings. The molecular weight excluding hydrogens is 384 g/mol. The maximum Gasteiger partial charge on any atom is 0.128 e. The summed E-state index contributed by atoms with van der Waals surface area (Å²) in [6.07, 6.45) is 4.53. The van der Waals surface area contributed by atoms with Gasteiger partial charge in [0.2, 0.25) is 0 Å². The molecule has 5 heteroatoms. The fourth-order valence-corrected chi connectivity index (χ4v) is 4.26. The average molecular weight is 417 g/mol. The lowest BCUT2D eigenvalue weighted by Crippen LogP contribution is -2.54. The molecule has 3 aromatic rings. The fraction of sp³-hybridized carbons (Fsp3) is 0.385. The lowest BCUT2D eigenvalue weighted by atomic mass is 10.0. The van der Waals surface area contributed by atoms with E-state index in [2.05, 4.69) is 53.3 Å². The molecule has 1 aromatic heterocycles. The average Bonchev–Trinajstić information content (AvgIpc) is 2.77. The van der Waals surface area contributed by atoms with Gasteiger partial charge in [-0.2, -0.15) is 0 Å². The van der Waals surface area contributed by atoms with Gasteiger partial charge in [0, 0.05) is 49.9 Å². The minimum absolute atomic E-state index is 0.320. The van der Waals surface area contributed by atoms with E-state index in [4.69, 9.17) is 4.98 Å². The van der Waals surface area contributed by atoms with Crippen LogP contribution in [0.3, 0.4) is 0 Å². The summed E-state index contributed by atoms with van der Waals surface area (Å²) in [6.45, 7) is 7.64. The third kappa shape index (κ3) is 5.69. The SMILES string of the molecule is CC1NCCN(Cc2cccc(-c3ccnc(CCCc4cccc(O)c4)n3)c2)C1C. The first-order chi connectivity index (χ1) is 15.1. The molecule has 4 rings (SSSR count). The summed E-state index contributed by atoms with van der Waals surface area (Å²) in [7, 11) is 0. The number of hydrogen-bond acceptors (Lipinski definition) is 5. The molecule has 162 valence electrons. The van der Waals surface area contributed by atoms with E-state index in [1.165, 1.54) is 5.56 Å². The highest BCUT2D eigenvalue weighted by atomic mass is 16.3. The van der Waals surface area contributed by atoms with Crippen LogP contribution in [0.1, 0.15) is 37.2 Å². The van der Waals surface area contributed by atoms with Crippen molar-refractivity contribution >= 4 is 0 Å². The summed E-state index contributed by atoms with van der Waals surface area (Å²) < 4.78 is 0. The number of phenols is 1. The minimum atomic E-state index is 0.320. The van der Waals surface area contributed by atoms with Crippen LogP contribution in [-0.4, -0.2) is 45.1 Å². The van der Waals surface area contributed by atoms with Crippen LogP contribution in [0, 0.1) is 0 Å². The van der Waals surface area contributed by atoms with Crippen molar-refractivity contribution in [2.75, 3.05) is 13.1 Å². The molecule has 2 N–H and O–H groups in total. The van der Waals surface area contributed by atoms with Crippen molar-refractivity contribution in [1.29, 1.82) is 0 Å².